The molecule has 0 amide bonds. The molecule has 0 saturated heterocycles. The molecule has 3 unspecified atom stereocenters. The van der Waals surface area contributed by atoms with Crippen molar-refractivity contribution >= 4 is 0 Å². The Labute approximate surface area is 102 Å². The second kappa shape index (κ2) is 5.98. The number of ether oxygens (including phenoxy) is 1. The molecule has 0 heterocycles. The molecular weight excluding hydrogens is 219 g/mol. The number of nitrogens with two attached hydrogens (primary N) is 1. The Morgan fingerprint density at radius 3 is 2.41 bits per heavy atom. The Balaban J connectivity index is 2.76. The van der Waals surface area contributed by atoms with E-state index in [1.165, 1.54) is 13.2 Å². The number of nitrogens with one attached hydrogen (secondary N) is 1. The monoisotopic (exact) mass is 240 g/mol. The Bertz CT molecular complexity index is 368. The van der Waals surface area contributed by atoms with Gasteiger partial charge in [-0.3, -0.25) is 0 Å². The maximum atomic E-state index is 13.5. The summed E-state index contributed by atoms with van der Waals surface area (Å²) in [5.74, 6) is -0.0757. The molecule has 1 aromatic carbocycles. The lowest BCUT2D eigenvalue weighted by atomic mass is 10.1. The van der Waals surface area contributed by atoms with Gasteiger partial charge in [0, 0.05) is 18.1 Å². The minimum atomic E-state index is -0.341. The van der Waals surface area contributed by atoms with Crippen molar-refractivity contribution in [2.24, 2.45) is 5.73 Å². The summed E-state index contributed by atoms with van der Waals surface area (Å²) < 4.78 is 18.4. The molecule has 0 aliphatic heterocycles. The number of benzene rings is 1. The van der Waals surface area contributed by atoms with Crippen molar-refractivity contribution in [1.29, 1.82) is 0 Å². The van der Waals surface area contributed by atoms with Gasteiger partial charge in [-0.1, -0.05) is 6.07 Å². The lowest BCUT2D eigenvalue weighted by Crippen LogP contribution is -2.41. The molecular formula is C13H21FN2O. The molecule has 17 heavy (non-hydrogen) atoms. The molecule has 0 aliphatic rings. The van der Waals surface area contributed by atoms with E-state index in [1.807, 2.05) is 26.8 Å². The quantitative estimate of drug-likeness (QED) is 0.829. The predicted octanol–water partition coefficient (Wildman–Crippen LogP) is 2.22. The molecule has 96 valence electrons. The third kappa shape index (κ3) is 3.68. The van der Waals surface area contributed by atoms with Gasteiger partial charge in [0.25, 0.3) is 0 Å². The molecule has 4 heteroatoms. The second-order valence-corrected chi connectivity index (χ2v) is 4.43. The summed E-state index contributed by atoms with van der Waals surface area (Å²) in [5.41, 5.74) is 6.67. The van der Waals surface area contributed by atoms with Crippen LogP contribution in [0.4, 0.5) is 4.39 Å². The number of methoxy groups -OCH3 is 1. The van der Waals surface area contributed by atoms with E-state index in [-0.39, 0.29) is 29.7 Å². The molecule has 0 aromatic heterocycles. The Morgan fingerprint density at radius 1 is 1.29 bits per heavy atom. The lowest BCUT2D eigenvalue weighted by Gasteiger charge is -2.23. The number of hydrogen-bond donors (Lipinski definition) is 2. The third-order valence-corrected chi connectivity index (χ3v) is 2.98. The van der Waals surface area contributed by atoms with Crippen molar-refractivity contribution in [2.75, 3.05) is 7.11 Å². The van der Waals surface area contributed by atoms with E-state index >= 15 is 0 Å². The van der Waals surface area contributed by atoms with Crippen LogP contribution in [-0.2, 0) is 0 Å². The van der Waals surface area contributed by atoms with Gasteiger partial charge in [0.1, 0.15) is 0 Å². The van der Waals surface area contributed by atoms with E-state index < -0.39 is 0 Å². The molecule has 1 rings (SSSR count). The van der Waals surface area contributed by atoms with Crippen LogP contribution in [0.3, 0.4) is 0 Å². The maximum Gasteiger partial charge on any atom is 0.165 e. The second-order valence-electron chi connectivity index (χ2n) is 4.43. The first-order chi connectivity index (χ1) is 7.95. The van der Waals surface area contributed by atoms with Crippen molar-refractivity contribution in [3.8, 4) is 5.75 Å². The first-order valence-corrected chi connectivity index (χ1v) is 5.80. The minimum Gasteiger partial charge on any atom is -0.494 e. The number of halogens is 1. The Morgan fingerprint density at radius 2 is 1.94 bits per heavy atom. The summed E-state index contributed by atoms with van der Waals surface area (Å²) in [5, 5.41) is 3.33. The van der Waals surface area contributed by atoms with Gasteiger partial charge >= 0.3 is 0 Å². The van der Waals surface area contributed by atoms with Crippen molar-refractivity contribution in [1.82, 2.24) is 5.32 Å². The van der Waals surface area contributed by atoms with E-state index in [2.05, 4.69) is 5.32 Å². The van der Waals surface area contributed by atoms with Crippen LogP contribution in [0.2, 0.25) is 0 Å². The van der Waals surface area contributed by atoms with E-state index in [9.17, 15) is 4.39 Å². The zero-order chi connectivity index (χ0) is 13.0. The van der Waals surface area contributed by atoms with Gasteiger partial charge in [0.05, 0.1) is 7.11 Å². The van der Waals surface area contributed by atoms with Crippen LogP contribution in [0.25, 0.3) is 0 Å². The molecule has 1 aromatic rings. The van der Waals surface area contributed by atoms with Gasteiger partial charge in [0.2, 0.25) is 0 Å². The molecule has 0 radical (unpaired) electrons. The molecule has 3 atom stereocenters. The fourth-order valence-corrected chi connectivity index (χ4v) is 1.59. The van der Waals surface area contributed by atoms with Crippen molar-refractivity contribution < 1.29 is 9.13 Å². The van der Waals surface area contributed by atoms with E-state index in [0.29, 0.717) is 0 Å². The summed E-state index contributed by atoms with van der Waals surface area (Å²) in [7, 11) is 1.46. The van der Waals surface area contributed by atoms with E-state index in [4.69, 9.17) is 10.5 Å². The average Bonchev–Trinajstić information content (AvgIpc) is 2.28. The highest BCUT2D eigenvalue weighted by Crippen LogP contribution is 2.22. The van der Waals surface area contributed by atoms with Gasteiger partial charge in [0.15, 0.2) is 11.6 Å². The van der Waals surface area contributed by atoms with Crippen molar-refractivity contribution in [3.05, 3.63) is 29.6 Å². The summed E-state index contributed by atoms with van der Waals surface area (Å²) >= 11 is 0. The van der Waals surface area contributed by atoms with Crippen LogP contribution >= 0.6 is 0 Å². The molecule has 0 fully saturated rings. The highest BCUT2D eigenvalue weighted by atomic mass is 19.1. The van der Waals surface area contributed by atoms with Crippen LogP contribution in [-0.4, -0.2) is 19.2 Å². The van der Waals surface area contributed by atoms with Gasteiger partial charge in [-0.25, -0.2) is 4.39 Å². The first-order valence-electron chi connectivity index (χ1n) is 5.80. The molecule has 0 aliphatic carbocycles. The minimum absolute atomic E-state index is 0.0522. The van der Waals surface area contributed by atoms with Crippen LogP contribution in [0.15, 0.2) is 18.2 Å². The topological polar surface area (TPSA) is 47.3 Å². The van der Waals surface area contributed by atoms with Gasteiger partial charge in [-0.2, -0.15) is 0 Å². The summed E-state index contributed by atoms with van der Waals surface area (Å²) in [6.45, 7) is 5.94. The van der Waals surface area contributed by atoms with Crippen LogP contribution in [0, 0.1) is 5.82 Å². The van der Waals surface area contributed by atoms with Gasteiger partial charge in [-0.15, -0.1) is 0 Å². The normalized spacial score (nSPS) is 16.4. The lowest BCUT2D eigenvalue weighted by molar-refractivity contribution is 0.384. The van der Waals surface area contributed by atoms with E-state index in [1.54, 1.807) is 6.07 Å². The Kier molecular flexibility index (Phi) is 4.90. The SMILES string of the molecule is COc1ccc(C(C)NC(C)C(C)N)cc1F. The highest BCUT2D eigenvalue weighted by Gasteiger charge is 2.14. The van der Waals surface area contributed by atoms with Crippen LogP contribution in [0.1, 0.15) is 32.4 Å². The summed E-state index contributed by atoms with van der Waals surface area (Å²) in [6, 6.07) is 5.27. The van der Waals surface area contributed by atoms with Crippen LogP contribution in [0.5, 0.6) is 5.75 Å². The highest BCUT2D eigenvalue weighted by molar-refractivity contribution is 5.30. The zero-order valence-corrected chi connectivity index (χ0v) is 10.8. The van der Waals surface area contributed by atoms with Gasteiger partial charge < -0.3 is 15.8 Å². The Hall–Kier alpha value is -1.13. The first kappa shape index (κ1) is 13.9. The fourth-order valence-electron chi connectivity index (χ4n) is 1.59. The average molecular weight is 240 g/mol. The van der Waals surface area contributed by atoms with Crippen molar-refractivity contribution in [3.63, 3.8) is 0 Å². The van der Waals surface area contributed by atoms with Crippen molar-refractivity contribution in [2.45, 2.75) is 38.9 Å². The molecule has 3 nitrogen and oxygen atoms in total. The van der Waals surface area contributed by atoms with Crippen LogP contribution < -0.4 is 15.8 Å². The van der Waals surface area contributed by atoms with Gasteiger partial charge in [-0.05, 0) is 38.5 Å². The fraction of sp³-hybridized carbons (Fsp3) is 0.538. The summed E-state index contributed by atoms with van der Waals surface area (Å²) in [6.07, 6.45) is 0. The largest absolute Gasteiger partial charge is 0.494 e. The smallest absolute Gasteiger partial charge is 0.165 e. The molecule has 3 N–H and O–H groups in total. The molecule has 0 spiro atoms. The summed E-state index contributed by atoms with van der Waals surface area (Å²) in [4.78, 5) is 0. The predicted molar refractivity (Wildman–Crippen MR) is 67.6 cm³/mol. The van der Waals surface area contributed by atoms with E-state index in [0.717, 1.165) is 5.56 Å². The third-order valence-electron chi connectivity index (χ3n) is 2.98. The maximum absolute atomic E-state index is 13.5. The molecule has 0 bridgehead atoms. The molecule has 0 saturated carbocycles. The number of rotatable bonds is 5. The zero-order valence-electron chi connectivity index (χ0n) is 10.8. The number of hydrogen-bond acceptors (Lipinski definition) is 3. The standard InChI is InChI=1S/C13H21FN2O/c1-8(15)9(2)16-10(3)11-5-6-13(17-4)12(14)7-11/h5-10,16H,15H2,1-4H3.